The molecule has 0 aliphatic heterocycles. The summed E-state index contributed by atoms with van der Waals surface area (Å²) in [5.41, 5.74) is 2.39. The van der Waals surface area contributed by atoms with Gasteiger partial charge in [0.2, 0.25) is 11.8 Å². The van der Waals surface area contributed by atoms with Crippen LogP contribution in [0.4, 0.5) is 10.1 Å². The molecule has 3 N–H and O–H groups in total. The summed E-state index contributed by atoms with van der Waals surface area (Å²) in [5.74, 6) is -0.0272. The number of aromatic nitrogens is 3. The number of hydrogen-bond acceptors (Lipinski definition) is 6. The Kier molecular flexibility index (Phi) is 8.60. The van der Waals surface area contributed by atoms with Crippen LogP contribution in [0.1, 0.15) is 50.3 Å². The molecule has 42 heavy (non-hydrogen) atoms. The number of carboxylic acid groups (broad SMARTS) is 1. The highest BCUT2D eigenvalue weighted by atomic mass is 19.1. The van der Waals surface area contributed by atoms with Gasteiger partial charge in [-0.2, -0.15) is 5.10 Å². The minimum absolute atomic E-state index is 0.00575. The molecule has 5 rings (SSSR count). The van der Waals surface area contributed by atoms with Gasteiger partial charge in [0.1, 0.15) is 17.3 Å². The summed E-state index contributed by atoms with van der Waals surface area (Å²) in [6.45, 7) is 7.59. The summed E-state index contributed by atoms with van der Waals surface area (Å²) in [5, 5.41) is 17.4. The molecule has 0 unspecified atom stereocenters. The Bertz CT molecular complexity index is 1640. The quantitative estimate of drug-likeness (QED) is 0.261. The zero-order valence-corrected chi connectivity index (χ0v) is 24.2. The second-order valence-corrected chi connectivity index (χ2v) is 11.2. The van der Waals surface area contributed by atoms with E-state index >= 15 is 4.39 Å². The summed E-state index contributed by atoms with van der Waals surface area (Å²) in [6, 6.07) is 10.4. The average molecular weight is 576 g/mol. The van der Waals surface area contributed by atoms with Gasteiger partial charge in [-0.25, -0.2) is 4.39 Å². The third-order valence-electron chi connectivity index (χ3n) is 7.13. The Labute approximate surface area is 242 Å². The van der Waals surface area contributed by atoms with E-state index in [1.807, 2.05) is 45.9 Å². The third-order valence-corrected chi connectivity index (χ3v) is 7.13. The molecule has 1 saturated carbocycles. The molecule has 1 fully saturated rings. The molecule has 220 valence electrons. The average Bonchev–Trinajstić information content (AvgIpc) is 3.62. The Morgan fingerprint density at radius 2 is 1.88 bits per heavy atom. The van der Waals surface area contributed by atoms with Gasteiger partial charge in [0.15, 0.2) is 0 Å². The van der Waals surface area contributed by atoms with Crippen LogP contribution in [0.5, 0.6) is 11.5 Å². The number of benzene rings is 2. The first-order valence-corrected chi connectivity index (χ1v) is 13.4. The van der Waals surface area contributed by atoms with E-state index in [4.69, 9.17) is 14.6 Å². The lowest BCUT2D eigenvalue weighted by Crippen LogP contribution is -2.31. The van der Waals surface area contributed by atoms with Gasteiger partial charge in [-0.15, -0.1) is 0 Å². The van der Waals surface area contributed by atoms with E-state index in [0.717, 1.165) is 23.8 Å². The van der Waals surface area contributed by atoms with Crippen LogP contribution < -0.4 is 15.4 Å². The number of nitrogens with zero attached hydrogens (tertiary/aromatic N) is 3. The second-order valence-electron chi connectivity index (χ2n) is 11.2. The van der Waals surface area contributed by atoms with Crippen LogP contribution in [0, 0.1) is 12.7 Å². The number of aryl methyl sites for hydroxylation is 1. The Hall–Kier alpha value is -4.80. The number of carbonyl (C=O) groups excluding carboxylic acids is 2. The maximum Gasteiger partial charge on any atom is 0.290 e. The number of carbonyl (C=O) groups is 3. The predicted octanol–water partition coefficient (Wildman–Crippen LogP) is 5.09. The number of anilines is 1. The van der Waals surface area contributed by atoms with Crippen molar-refractivity contribution >= 4 is 34.9 Å². The van der Waals surface area contributed by atoms with Crippen LogP contribution >= 0.6 is 0 Å². The Morgan fingerprint density at radius 3 is 2.50 bits per heavy atom. The van der Waals surface area contributed by atoms with Gasteiger partial charge in [0.05, 0.1) is 34.8 Å². The molecule has 2 aromatic heterocycles. The molecule has 0 spiro atoms. The van der Waals surface area contributed by atoms with Gasteiger partial charge in [0.25, 0.3) is 6.47 Å². The Balaban J connectivity index is 0.00000129. The van der Waals surface area contributed by atoms with E-state index in [-0.39, 0.29) is 35.8 Å². The number of halogens is 1. The number of rotatable bonds is 7. The number of amides is 2. The second kappa shape index (κ2) is 12.0. The van der Waals surface area contributed by atoms with Crippen LogP contribution in [0.25, 0.3) is 10.9 Å². The fourth-order valence-corrected chi connectivity index (χ4v) is 4.74. The molecule has 0 atom stereocenters. The molecular weight excluding hydrogens is 541 g/mol. The van der Waals surface area contributed by atoms with E-state index < -0.39 is 11.2 Å². The van der Waals surface area contributed by atoms with Crippen LogP contribution in [0.15, 0.2) is 55.0 Å². The standard InChI is InChI=1S/C30H32FN5O3.CH2O2/c1-18-12-19(13-27(37)35-21-16-34-36(17-21)29(2,3)4)23(31)15-26(18)39-25-8-11-33-24-7-6-20(14-22(24)25)30(9-10-30)28(38)32-5;2-1-3/h6-8,11-12,14-17H,9-10,13H2,1-5H3,(H,32,38)(H,35,37);1H,(H,2,3). The lowest BCUT2D eigenvalue weighted by molar-refractivity contribution is -0.123. The molecule has 1 aliphatic rings. The topological polar surface area (TPSA) is 135 Å². The van der Waals surface area contributed by atoms with Crippen molar-refractivity contribution in [1.82, 2.24) is 20.1 Å². The van der Waals surface area contributed by atoms with Crippen LogP contribution in [-0.2, 0) is 31.8 Å². The SMILES string of the molecule is CNC(=O)C1(c2ccc3nccc(Oc4cc(F)c(CC(=O)Nc5cnn(C(C)(C)C)c5)cc4C)c3c2)CC1.O=CO. The molecule has 0 radical (unpaired) electrons. The summed E-state index contributed by atoms with van der Waals surface area (Å²) in [6.07, 6.45) is 6.40. The van der Waals surface area contributed by atoms with Crippen molar-refractivity contribution in [3.8, 4) is 11.5 Å². The van der Waals surface area contributed by atoms with Crippen molar-refractivity contribution in [2.24, 2.45) is 0 Å². The zero-order chi connectivity index (χ0) is 30.7. The van der Waals surface area contributed by atoms with E-state index in [1.165, 1.54) is 6.07 Å². The van der Waals surface area contributed by atoms with E-state index in [9.17, 15) is 9.59 Å². The lowest BCUT2D eigenvalue weighted by Gasteiger charge is -2.18. The number of ether oxygens (including phenoxy) is 1. The minimum Gasteiger partial charge on any atom is -0.483 e. The third kappa shape index (κ3) is 6.40. The molecule has 2 amide bonds. The van der Waals surface area contributed by atoms with Crippen molar-refractivity contribution in [1.29, 1.82) is 0 Å². The highest BCUT2D eigenvalue weighted by Gasteiger charge is 2.50. The van der Waals surface area contributed by atoms with Gasteiger partial charge < -0.3 is 20.5 Å². The van der Waals surface area contributed by atoms with Gasteiger partial charge in [-0.3, -0.25) is 24.0 Å². The first-order chi connectivity index (χ1) is 19.9. The number of hydrogen-bond donors (Lipinski definition) is 3. The first-order valence-electron chi connectivity index (χ1n) is 13.4. The predicted molar refractivity (Wildman–Crippen MR) is 156 cm³/mol. The molecule has 4 aromatic rings. The lowest BCUT2D eigenvalue weighted by atomic mass is 9.93. The van der Waals surface area contributed by atoms with Gasteiger partial charge in [-0.05, 0) is 81.5 Å². The van der Waals surface area contributed by atoms with Gasteiger partial charge in [0, 0.05) is 30.9 Å². The zero-order valence-electron chi connectivity index (χ0n) is 24.2. The van der Waals surface area contributed by atoms with Gasteiger partial charge >= 0.3 is 0 Å². The fraction of sp³-hybridized carbons (Fsp3) is 0.323. The summed E-state index contributed by atoms with van der Waals surface area (Å²) < 4.78 is 23.1. The molecule has 11 heteroatoms. The maximum absolute atomic E-state index is 15.1. The van der Waals surface area contributed by atoms with E-state index in [0.29, 0.717) is 28.3 Å². The minimum atomic E-state index is -0.535. The van der Waals surface area contributed by atoms with Crippen molar-refractivity contribution in [3.05, 3.63) is 77.5 Å². The molecule has 1 aliphatic carbocycles. The molecule has 0 saturated heterocycles. The summed E-state index contributed by atoms with van der Waals surface area (Å²) >= 11 is 0. The summed E-state index contributed by atoms with van der Waals surface area (Å²) in [4.78, 5) is 37.9. The number of nitrogens with one attached hydrogen (secondary N) is 2. The van der Waals surface area contributed by atoms with Crippen LogP contribution in [-0.4, -0.2) is 45.2 Å². The molecule has 10 nitrogen and oxygen atoms in total. The van der Waals surface area contributed by atoms with E-state index in [1.54, 1.807) is 42.5 Å². The van der Waals surface area contributed by atoms with Crippen molar-refractivity contribution in [2.75, 3.05) is 12.4 Å². The highest BCUT2D eigenvalue weighted by molar-refractivity contribution is 5.94. The number of likely N-dealkylation sites (N-methyl/N-ethyl adjacent to an activating group) is 1. The normalized spacial score (nSPS) is 13.5. The van der Waals surface area contributed by atoms with Crippen LogP contribution in [0.3, 0.4) is 0 Å². The fourth-order valence-electron chi connectivity index (χ4n) is 4.74. The maximum atomic E-state index is 15.1. The first kappa shape index (κ1) is 30.2. The van der Waals surface area contributed by atoms with E-state index in [2.05, 4.69) is 20.7 Å². The Morgan fingerprint density at radius 1 is 1.17 bits per heavy atom. The monoisotopic (exact) mass is 575 g/mol. The highest BCUT2D eigenvalue weighted by Crippen LogP contribution is 2.49. The number of fused-ring (bicyclic) bond motifs is 1. The smallest absolute Gasteiger partial charge is 0.290 e. The van der Waals surface area contributed by atoms with Crippen molar-refractivity contribution in [3.63, 3.8) is 0 Å². The molecule has 2 aromatic carbocycles. The van der Waals surface area contributed by atoms with Gasteiger partial charge in [-0.1, -0.05) is 6.07 Å². The molecule has 2 heterocycles. The molecule has 0 bridgehead atoms. The summed E-state index contributed by atoms with van der Waals surface area (Å²) in [7, 11) is 1.64. The largest absolute Gasteiger partial charge is 0.483 e. The van der Waals surface area contributed by atoms with Crippen molar-refractivity contribution < 1.29 is 28.6 Å². The number of pyridine rings is 1. The molecular formula is C31H34FN5O5. The van der Waals surface area contributed by atoms with Crippen LogP contribution in [0.2, 0.25) is 0 Å². The van der Waals surface area contributed by atoms with Crippen molar-refractivity contribution in [2.45, 2.75) is 57.9 Å².